The van der Waals surface area contributed by atoms with Gasteiger partial charge in [0.05, 0.1) is 21.2 Å². The highest BCUT2D eigenvalue weighted by Gasteiger charge is 2.15. The molecule has 3 aromatic rings. The summed E-state index contributed by atoms with van der Waals surface area (Å²) in [6, 6.07) is 5.57. The summed E-state index contributed by atoms with van der Waals surface area (Å²) in [7, 11) is 0. The smallest absolute Gasteiger partial charge is 0.270 e. The number of nitrogens with one attached hydrogen (secondary N) is 1. The highest BCUT2D eigenvalue weighted by Crippen LogP contribution is 2.22. The fourth-order valence-electron chi connectivity index (χ4n) is 2.10. The molecule has 8 nitrogen and oxygen atoms in total. The highest BCUT2D eigenvalue weighted by atomic mass is 35.5. The van der Waals surface area contributed by atoms with E-state index in [1.54, 1.807) is 17.1 Å². The zero-order valence-corrected chi connectivity index (χ0v) is 14.3. The van der Waals surface area contributed by atoms with Gasteiger partial charge < -0.3 is 5.32 Å². The van der Waals surface area contributed by atoms with Crippen molar-refractivity contribution in [1.29, 1.82) is 0 Å². The van der Waals surface area contributed by atoms with Crippen LogP contribution in [0.15, 0.2) is 42.0 Å². The molecule has 0 spiro atoms. The molecule has 10 heteroatoms. The highest BCUT2D eigenvalue weighted by molar-refractivity contribution is 7.12. The van der Waals surface area contributed by atoms with Crippen molar-refractivity contribution in [3.8, 4) is 5.13 Å². The SMILES string of the molecule is O=C(NCCc1csc(-n2cccn2)n1)c1cc([N+](=O)[O-])ccc1Cl. The number of nitrogens with zero attached hydrogens (tertiary/aromatic N) is 4. The summed E-state index contributed by atoms with van der Waals surface area (Å²) in [4.78, 5) is 26.8. The van der Waals surface area contributed by atoms with E-state index in [1.807, 2.05) is 11.4 Å². The van der Waals surface area contributed by atoms with E-state index in [1.165, 1.54) is 23.5 Å². The van der Waals surface area contributed by atoms with Gasteiger partial charge in [-0.25, -0.2) is 9.67 Å². The molecule has 25 heavy (non-hydrogen) atoms. The average Bonchev–Trinajstić information content (AvgIpc) is 3.26. The number of halogens is 1. The minimum Gasteiger partial charge on any atom is -0.352 e. The summed E-state index contributed by atoms with van der Waals surface area (Å²) >= 11 is 7.40. The van der Waals surface area contributed by atoms with Gasteiger partial charge in [0.1, 0.15) is 0 Å². The quantitative estimate of drug-likeness (QED) is 0.525. The molecule has 2 heterocycles. The van der Waals surface area contributed by atoms with E-state index < -0.39 is 10.8 Å². The number of nitro groups is 1. The van der Waals surface area contributed by atoms with Crippen molar-refractivity contribution in [2.24, 2.45) is 0 Å². The third-order valence-corrected chi connectivity index (χ3v) is 4.52. The fraction of sp³-hybridized carbons (Fsp3) is 0.133. The maximum atomic E-state index is 12.2. The van der Waals surface area contributed by atoms with Gasteiger partial charge in [-0.3, -0.25) is 14.9 Å². The summed E-state index contributed by atoms with van der Waals surface area (Å²) < 4.78 is 1.66. The van der Waals surface area contributed by atoms with Crippen LogP contribution < -0.4 is 5.32 Å². The van der Waals surface area contributed by atoms with Gasteiger partial charge in [0.2, 0.25) is 5.13 Å². The van der Waals surface area contributed by atoms with Crippen molar-refractivity contribution in [2.45, 2.75) is 6.42 Å². The monoisotopic (exact) mass is 377 g/mol. The van der Waals surface area contributed by atoms with Gasteiger partial charge in [-0.2, -0.15) is 5.10 Å². The maximum Gasteiger partial charge on any atom is 0.270 e. The Bertz CT molecular complexity index is 910. The minimum atomic E-state index is -0.570. The van der Waals surface area contributed by atoms with Crippen molar-refractivity contribution >= 4 is 34.5 Å². The first kappa shape index (κ1) is 17.1. The van der Waals surface area contributed by atoms with Crippen LogP contribution in [0.4, 0.5) is 5.69 Å². The predicted molar refractivity (Wildman–Crippen MR) is 93.4 cm³/mol. The third-order valence-electron chi connectivity index (χ3n) is 3.31. The van der Waals surface area contributed by atoms with Gasteiger partial charge in [-0.1, -0.05) is 11.6 Å². The standard InChI is InChI=1S/C15H12ClN5O3S/c16-13-3-2-11(21(23)24)8-12(13)14(22)17-6-4-10-9-25-15(19-10)20-7-1-5-18-20/h1-3,5,7-9H,4,6H2,(H,17,22). The largest absolute Gasteiger partial charge is 0.352 e. The van der Waals surface area contributed by atoms with Gasteiger partial charge >= 0.3 is 0 Å². The zero-order valence-electron chi connectivity index (χ0n) is 12.8. The van der Waals surface area contributed by atoms with Gasteiger partial charge in [0.15, 0.2) is 0 Å². The number of thiazole rings is 1. The molecule has 1 amide bonds. The molecule has 0 aliphatic carbocycles. The number of carbonyl (C=O) groups excluding carboxylic acids is 1. The number of rotatable bonds is 6. The number of hydrogen-bond donors (Lipinski definition) is 1. The summed E-state index contributed by atoms with van der Waals surface area (Å²) in [5, 5.41) is 20.4. The lowest BCUT2D eigenvalue weighted by atomic mass is 10.2. The zero-order chi connectivity index (χ0) is 17.8. The molecule has 0 atom stereocenters. The van der Waals surface area contributed by atoms with Crippen molar-refractivity contribution in [3.63, 3.8) is 0 Å². The molecule has 3 rings (SSSR count). The summed E-state index contributed by atoms with van der Waals surface area (Å²) in [6.45, 7) is 0.333. The lowest BCUT2D eigenvalue weighted by Crippen LogP contribution is -2.26. The second kappa shape index (κ2) is 7.41. The average molecular weight is 378 g/mol. The Kier molecular flexibility index (Phi) is 5.05. The molecular formula is C15H12ClN5O3S. The normalized spacial score (nSPS) is 10.6. The number of non-ortho nitro benzene ring substituents is 1. The van der Waals surface area contributed by atoms with E-state index in [0.29, 0.717) is 13.0 Å². The number of carbonyl (C=O) groups is 1. The molecule has 1 aromatic carbocycles. The van der Waals surface area contributed by atoms with Gasteiger partial charge in [0.25, 0.3) is 11.6 Å². The van der Waals surface area contributed by atoms with E-state index in [0.717, 1.165) is 16.9 Å². The molecule has 128 valence electrons. The van der Waals surface area contributed by atoms with Crippen LogP contribution >= 0.6 is 22.9 Å². The van der Waals surface area contributed by atoms with Crippen molar-refractivity contribution < 1.29 is 9.72 Å². The minimum absolute atomic E-state index is 0.0753. The molecule has 0 radical (unpaired) electrons. The topological polar surface area (TPSA) is 103 Å². The molecule has 0 unspecified atom stereocenters. The first-order valence-corrected chi connectivity index (χ1v) is 8.47. The number of aromatic nitrogens is 3. The summed E-state index contributed by atoms with van der Waals surface area (Å²) in [6.07, 6.45) is 3.99. The van der Waals surface area contributed by atoms with Gasteiger partial charge in [0, 0.05) is 42.9 Å². The molecule has 0 saturated carbocycles. The summed E-state index contributed by atoms with van der Waals surface area (Å²) in [5.41, 5.74) is 0.713. The van der Waals surface area contributed by atoms with Crippen LogP contribution in [0.5, 0.6) is 0 Å². The number of nitro benzene ring substituents is 1. The second-order valence-electron chi connectivity index (χ2n) is 5.00. The Morgan fingerprint density at radius 1 is 1.44 bits per heavy atom. The van der Waals surface area contributed by atoms with Crippen LogP contribution in [0.3, 0.4) is 0 Å². The molecular weight excluding hydrogens is 366 g/mol. The molecule has 1 N–H and O–H groups in total. The molecule has 2 aromatic heterocycles. The third kappa shape index (κ3) is 4.01. The van der Waals surface area contributed by atoms with Crippen LogP contribution in [0.2, 0.25) is 5.02 Å². The van der Waals surface area contributed by atoms with Gasteiger partial charge in [-0.15, -0.1) is 11.3 Å². The van der Waals surface area contributed by atoms with Crippen LogP contribution in [-0.4, -0.2) is 32.1 Å². The first-order chi connectivity index (χ1) is 12.0. The number of amides is 1. The van der Waals surface area contributed by atoms with Gasteiger partial charge in [-0.05, 0) is 12.1 Å². The number of benzene rings is 1. The van der Waals surface area contributed by atoms with E-state index in [2.05, 4.69) is 15.4 Å². The fourth-order valence-corrected chi connectivity index (χ4v) is 3.10. The Morgan fingerprint density at radius 3 is 3.00 bits per heavy atom. The predicted octanol–water partition coefficient (Wildman–Crippen LogP) is 2.86. The van der Waals surface area contributed by atoms with Crippen molar-refractivity contribution in [2.75, 3.05) is 6.54 Å². The summed E-state index contributed by atoms with van der Waals surface area (Å²) in [5.74, 6) is -0.462. The molecule has 0 bridgehead atoms. The van der Waals surface area contributed by atoms with Crippen LogP contribution in [-0.2, 0) is 6.42 Å². The first-order valence-electron chi connectivity index (χ1n) is 7.21. The van der Waals surface area contributed by atoms with Crippen LogP contribution in [0, 0.1) is 10.1 Å². The van der Waals surface area contributed by atoms with E-state index >= 15 is 0 Å². The van der Waals surface area contributed by atoms with Crippen molar-refractivity contribution in [1.82, 2.24) is 20.1 Å². The lowest BCUT2D eigenvalue weighted by molar-refractivity contribution is -0.384. The molecule has 0 aliphatic rings. The Labute approximate surface area is 151 Å². The molecule has 0 aliphatic heterocycles. The number of hydrogen-bond acceptors (Lipinski definition) is 6. The Morgan fingerprint density at radius 2 is 2.28 bits per heavy atom. The van der Waals surface area contributed by atoms with E-state index in [9.17, 15) is 14.9 Å². The van der Waals surface area contributed by atoms with Crippen molar-refractivity contribution in [3.05, 3.63) is 68.4 Å². The van der Waals surface area contributed by atoms with Crippen LogP contribution in [0.25, 0.3) is 5.13 Å². The molecule has 0 saturated heterocycles. The Balaban J connectivity index is 1.60. The lowest BCUT2D eigenvalue weighted by Gasteiger charge is -2.06. The van der Waals surface area contributed by atoms with E-state index in [4.69, 9.17) is 11.6 Å². The Hall–Kier alpha value is -2.78. The van der Waals surface area contributed by atoms with E-state index in [-0.39, 0.29) is 16.3 Å². The van der Waals surface area contributed by atoms with Crippen LogP contribution in [0.1, 0.15) is 16.1 Å². The maximum absolute atomic E-state index is 12.2. The molecule has 0 fully saturated rings. The second-order valence-corrected chi connectivity index (χ2v) is 6.24.